The van der Waals surface area contributed by atoms with Crippen LogP contribution in [0.4, 0.5) is 26.3 Å². The molecule has 0 aliphatic rings. The molecule has 0 saturated carbocycles. The van der Waals surface area contributed by atoms with Crippen LogP contribution >= 0.6 is 0 Å². The van der Waals surface area contributed by atoms with Gasteiger partial charge in [0.25, 0.3) is 5.66 Å². The van der Waals surface area contributed by atoms with Gasteiger partial charge in [0.1, 0.15) is 0 Å². The van der Waals surface area contributed by atoms with Gasteiger partial charge in [-0.3, -0.25) is 11.1 Å². The number of nitrogens with two attached hydrogens (primary N) is 1. The van der Waals surface area contributed by atoms with Gasteiger partial charge in [-0.25, -0.2) is 0 Å². The predicted octanol–water partition coefficient (Wildman–Crippen LogP) is 0.985. The minimum absolute atomic E-state index is 0.487. The van der Waals surface area contributed by atoms with Crippen molar-refractivity contribution in [1.82, 2.24) is 5.32 Å². The van der Waals surface area contributed by atoms with E-state index in [0.717, 1.165) is 5.32 Å². The zero-order chi connectivity index (χ0) is 10.2. The smallest absolute Gasteiger partial charge is 0.298 e. The van der Waals surface area contributed by atoms with Crippen molar-refractivity contribution in [3.05, 3.63) is 0 Å². The zero-order valence-corrected chi connectivity index (χ0v) is 5.85. The Balaban J connectivity index is 4.95. The Bertz CT molecular complexity index is 144. The maximum atomic E-state index is 11.7. The molecule has 0 aromatic rings. The van der Waals surface area contributed by atoms with E-state index in [4.69, 9.17) is 0 Å². The topological polar surface area (TPSA) is 38.0 Å². The second kappa shape index (κ2) is 2.77. The Hall–Kier alpha value is -0.500. The zero-order valence-electron chi connectivity index (χ0n) is 5.85. The molecular formula is C4H6F6N2. The monoisotopic (exact) mass is 196 g/mol. The molecule has 0 unspecified atom stereocenters. The molecule has 0 aliphatic carbocycles. The molecule has 0 radical (unpaired) electrons. The lowest BCUT2D eigenvalue weighted by Crippen LogP contribution is -2.71. The largest absolute Gasteiger partial charge is 0.428 e. The van der Waals surface area contributed by atoms with Crippen LogP contribution in [0.15, 0.2) is 0 Å². The first-order chi connectivity index (χ1) is 5.06. The predicted molar refractivity (Wildman–Crippen MR) is 28.1 cm³/mol. The van der Waals surface area contributed by atoms with E-state index in [0.29, 0.717) is 7.05 Å². The summed E-state index contributed by atoms with van der Waals surface area (Å²) in [5, 5.41) is 0.986. The fourth-order valence-corrected chi connectivity index (χ4v) is 0.444. The summed E-state index contributed by atoms with van der Waals surface area (Å²) in [5.74, 6) is 0. The molecule has 0 atom stereocenters. The molecule has 8 heteroatoms. The van der Waals surface area contributed by atoms with Gasteiger partial charge < -0.3 is 0 Å². The molecule has 12 heavy (non-hydrogen) atoms. The summed E-state index contributed by atoms with van der Waals surface area (Å²) in [4.78, 5) is 0. The highest BCUT2D eigenvalue weighted by Gasteiger charge is 2.68. The summed E-state index contributed by atoms with van der Waals surface area (Å²) in [6.07, 6.45) is -11.1. The lowest BCUT2D eigenvalue weighted by molar-refractivity contribution is -0.304. The van der Waals surface area contributed by atoms with Crippen LogP contribution in [0.25, 0.3) is 0 Å². The fraction of sp³-hybridized carbons (Fsp3) is 1.00. The number of nitrogens with one attached hydrogen (secondary N) is 1. The lowest BCUT2D eigenvalue weighted by Gasteiger charge is -2.32. The summed E-state index contributed by atoms with van der Waals surface area (Å²) in [6, 6.07) is 0. The summed E-state index contributed by atoms with van der Waals surface area (Å²) in [6.45, 7) is 0. The van der Waals surface area contributed by atoms with Crippen LogP contribution in [0.3, 0.4) is 0 Å². The van der Waals surface area contributed by atoms with Gasteiger partial charge in [-0.15, -0.1) is 0 Å². The quantitative estimate of drug-likeness (QED) is 0.484. The molecule has 0 bridgehead atoms. The van der Waals surface area contributed by atoms with E-state index in [1.54, 1.807) is 0 Å². The Labute approximate surface area is 63.7 Å². The third-order valence-electron chi connectivity index (χ3n) is 1.29. The van der Waals surface area contributed by atoms with Gasteiger partial charge >= 0.3 is 12.4 Å². The van der Waals surface area contributed by atoms with Gasteiger partial charge in [0.05, 0.1) is 0 Å². The maximum Gasteiger partial charge on any atom is 0.428 e. The summed E-state index contributed by atoms with van der Waals surface area (Å²) in [7, 11) is 0.487. The van der Waals surface area contributed by atoms with Gasteiger partial charge in [0.2, 0.25) is 0 Å². The van der Waals surface area contributed by atoms with Crippen LogP contribution in [0.1, 0.15) is 0 Å². The highest BCUT2D eigenvalue weighted by Crippen LogP contribution is 2.38. The summed E-state index contributed by atoms with van der Waals surface area (Å²) < 4.78 is 70.2. The van der Waals surface area contributed by atoms with Crippen molar-refractivity contribution in [3.8, 4) is 0 Å². The first-order valence-electron chi connectivity index (χ1n) is 2.67. The molecule has 0 aromatic heterocycles. The molecule has 2 nitrogen and oxygen atoms in total. The van der Waals surface area contributed by atoms with Crippen molar-refractivity contribution in [2.45, 2.75) is 18.0 Å². The molecule has 0 aliphatic heterocycles. The highest BCUT2D eigenvalue weighted by molar-refractivity contribution is 4.94. The SMILES string of the molecule is CNC(N)(C(F)(F)F)C(F)(F)F. The number of rotatable bonds is 1. The Morgan fingerprint density at radius 3 is 1.17 bits per heavy atom. The molecule has 0 saturated heterocycles. The van der Waals surface area contributed by atoms with Gasteiger partial charge in [-0.1, -0.05) is 0 Å². The van der Waals surface area contributed by atoms with E-state index in [2.05, 4.69) is 5.73 Å². The first kappa shape index (κ1) is 11.5. The van der Waals surface area contributed by atoms with Gasteiger partial charge in [-0.05, 0) is 7.05 Å². The molecule has 0 rings (SSSR count). The summed E-state index contributed by atoms with van der Waals surface area (Å²) in [5.41, 5.74) is -0.243. The van der Waals surface area contributed by atoms with Crippen LogP contribution < -0.4 is 11.1 Å². The third kappa shape index (κ3) is 1.63. The molecule has 0 spiro atoms. The van der Waals surface area contributed by atoms with Crippen molar-refractivity contribution in [2.24, 2.45) is 5.73 Å². The molecule has 0 amide bonds. The minimum Gasteiger partial charge on any atom is -0.298 e. The van der Waals surface area contributed by atoms with E-state index >= 15 is 0 Å². The molecular weight excluding hydrogens is 190 g/mol. The van der Waals surface area contributed by atoms with Crippen LogP contribution in [0.5, 0.6) is 0 Å². The number of halogens is 6. The second-order valence-corrected chi connectivity index (χ2v) is 2.05. The van der Waals surface area contributed by atoms with E-state index in [9.17, 15) is 26.3 Å². The molecule has 3 N–H and O–H groups in total. The number of hydrogen-bond donors (Lipinski definition) is 2. The Morgan fingerprint density at radius 2 is 1.17 bits per heavy atom. The van der Waals surface area contributed by atoms with Gasteiger partial charge in [0.15, 0.2) is 0 Å². The normalized spacial score (nSPS) is 15.0. The minimum atomic E-state index is -5.57. The van der Waals surface area contributed by atoms with Crippen LogP contribution in [-0.4, -0.2) is 25.1 Å². The molecule has 0 fully saturated rings. The third-order valence-corrected chi connectivity index (χ3v) is 1.29. The second-order valence-electron chi connectivity index (χ2n) is 2.05. The van der Waals surface area contributed by atoms with Crippen LogP contribution in [-0.2, 0) is 0 Å². The Kier molecular flexibility index (Phi) is 2.65. The lowest BCUT2D eigenvalue weighted by atomic mass is 10.1. The maximum absolute atomic E-state index is 11.7. The van der Waals surface area contributed by atoms with E-state index in [1.807, 2.05) is 0 Å². The number of alkyl halides is 6. The number of hydrogen-bond acceptors (Lipinski definition) is 2. The van der Waals surface area contributed by atoms with Crippen LogP contribution in [0.2, 0.25) is 0 Å². The van der Waals surface area contributed by atoms with Crippen LogP contribution in [0, 0.1) is 0 Å². The molecule has 74 valence electrons. The summed E-state index contributed by atoms with van der Waals surface area (Å²) >= 11 is 0. The highest BCUT2D eigenvalue weighted by atomic mass is 19.4. The van der Waals surface area contributed by atoms with E-state index in [-0.39, 0.29) is 0 Å². The van der Waals surface area contributed by atoms with E-state index < -0.39 is 18.0 Å². The average Bonchev–Trinajstić information content (AvgIpc) is 1.81. The molecule has 0 heterocycles. The van der Waals surface area contributed by atoms with Crippen molar-refractivity contribution in [2.75, 3.05) is 7.05 Å². The van der Waals surface area contributed by atoms with Gasteiger partial charge in [-0.2, -0.15) is 26.3 Å². The first-order valence-corrected chi connectivity index (χ1v) is 2.67. The average molecular weight is 196 g/mol. The molecule has 0 aromatic carbocycles. The van der Waals surface area contributed by atoms with Crippen molar-refractivity contribution >= 4 is 0 Å². The Morgan fingerprint density at radius 1 is 0.917 bits per heavy atom. The van der Waals surface area contributed by atoms with Gasteiger partial charge in [0, 0.05) is 0 Å². The van der Waals surface area contributed by atoms with Crippen molar-refractivity contribution < 1.29 is 26.3 Å². The fourth-order valence-electron chi connectivity index (χ4n) is 0.444. The van der Waals surface area contributed by atoms with Crippen molar-refractivity contribution in [3.63, 3.8) is 0 Å². The van der Waals surface area contributed by atoms with E-state index in [1.165, 1.54) is 0 Å². The standard InChI is InChI=1S/C4H6F6N2/c1-12-2(11,3(5,6)7)4(8,9)10/h12H,11H2,1H3. The van der Waals surface area contributed by atoms with Crippen molar-refractivity contribution in [1.29, 1.82) is 0 Å².